The molecule has 0 aliphatic carbocycles. The van der Waals surface area contributed by atoms with Crippen LogP contribution in [0.15, 0.2) is 91.4 Å². The van der Waals surface area contributed by atoms with Crippen LogP contribution in [0.3, 0.4) is 0 Å². The van der Waals surface area contributed by atoms with E-state index in [-0.39, 0.29) is 0 Å². The minimum absolute atomic E-state index is 0.359. The second kappa shape index (κ2) is 8.83. The summed E-state index contributed by atoms with van der Waals surface area (Å²) in [6, 6.07) is 22.3. The van der Waals surface area contributed by atoms with E-state index in [1.54, 1.807) is 16.8 Å². The van der Waals surface area contributed by atoms with Gasteiger partial charge < -0.3 is 9.88 Å². The number of aromatic nitrogens is 3. The summed E-state index contributed by atoms with van der Waals surface area (Å²) < 4.78 is 41.8. The zero-order valence-corrected chi connectivity index (χ0v) is 18.5. The van der Waals surface area contributed by atoms with Crippen molar-refractivity contribution in [2.45, 2.75) is 12.7 Å². The summed E-state index contributed by atoms with van der Waals surface area (Å²) in [4.78, 5) is 8.88. The number of nitrogens with zero attached hydrogens (tertiary/aromatic N) is 3. The number of nitrogens with one attached hydrogen (secondary N) is 1. The topological polar surface area (TPSA) is 42.7 Å². The van der Waals surface area contributed by atoms with Gasteiger partial charge in [-0.05, 0) is 35.4 Å². The average Bonchev–Trinajstić information content (AvgIpc) is 3.24. The molecule has 0 amide bonds. The van der Waals surface area contributed by atoms with E-state index < -0.39 is 11.7 Å². The average molecular weight is 479 g/mol. The van der Waals surface area contributed by atoms with Gasteiger partial charge in [-0.3, -0.25) is 0 Å². The molecular weight excluding hydrogens is 461 g/mol. The summed E-state index contributed by atoms with van der Waals surface area (Å²) in [5.74, 6) is 0.564. The lowest BCUT2D eigenvalue weighted by atomic mass is 10.1. The number of hydrogen-bond acceptors (Lipinski definition) is 3. The molecule has 2 aromatic heterocycles. The molecule has 0 unspecified atom stereocenters. The van der Waals surface area contributed by atoms with Crippen molar-refractivity contribution >= 4 is 28.5 Å². The van der Waals surface area contributed by atoms with Crippen LogP contribution in [0.4, 0.5) is 19.0 Å². The molecule has 0 aliphatic rings. The Morgan fingerprint density at radius 3 is 2.41 bits per heavy atom. The Balaban J connectivity index is 1.67. The lowest BCUT2D eigenvalue weighted by molar-refractivity contribution is -0.137. The minimum atomic E-state index is -4.45. The van der Waals surface area contributed by atoms with Crippen molar-refractivity contribution in [1.29, 1.82) is 0 Å². The van der Waals surface area contributed by atoms with Gasteiger partial charge in [0.1, 0.15) is 12.1 Å². The van der Waals surface area contributed by atoms with E-state index in [0.717, 1.165) is 28.8 Å². The lowest BCUT2D eigenvalue weighted by Crippen LogP contribution is -2.06. The van der Waals surface area contributed by atoms with Gasteiger partial charge in [-0.1, -0.05) is 66.2 Å². The predicted molar refractivity (Wildman–Crippen MR) is 128 cm³/mol. The molecule has 0 radical (unpaired) electrons. The quantitative estimate of drug-likeness (QED) is 0.287. The molecule has 0 fully saturated rings. The highest BCUT2D eigenvalue weighted by molar-refractivity contribution is 6.31. The van der Waals surface area contributed by atoms with Gasteiger partial charge in [0.25, 0.3) is 0 Å². The maximum Gasteiger partial charge on any atom is 0.416 e. The van der Waals surface area contributed by atoms with E-state index in [1.807, 2.05) is 54.6 Å². The van der Waals surface area contributed by atoms with E-state index in [0.29, 0.717) is 34.1 Å². The van der Waals surface area contributed by atoms with E-state index in [2.05, 4.69) is 15.3 Å². The number of hydrogen-bond donors (Lipinski definition) is 1. The molecule has 0 aliphatic heterocycles. The highest BCUT2D eigenvalue weighted by atomic mass is 35.5. The van der Waals surface area contributed by atoms with Crippen molar-refractivity contribution in [2.24, 2.45) is 0 Å². The fraction of sp³-hybridized carbons (Fsp3) is 0.0769. The Labute approximate surface area is 198 Å². The van der Waals surface area contributed by atoms with E-state index in [9.17, 15) is 13.2 Å². The summed E-state index contributed by atoms with van der Waals surface area (Å²) in [6.07, 6.45) is -1.25. The van der Waals surface area contributed by atoms with Crippen molar-refractivity contribution in [1.82, 2.24) is 14.5 Å². The van der Waals surface area contributed by atoms with E-state index in [1.165, 1.54) is 12.4 Å². The molecule has 1 N–H and O–H groups in total. The molecular formula is C26H18ClF3N4. The highest BCUT2D eigenvalue weighted by Gasteiger charge is 2.30. The number of rotatable bonds is 5. The van der Waals surface area contributed by atoms with Crippen LogP contribution in [0, 0.1) is 0 Å². The first kappa shape index (κ1) is 22.0. The summed E-state index contributed by atoms with van der Waals surface area (Å²) in [5.41, 5.74) is 2.73. The van der Waals surface area contributed by atoms with Gasteiger partial charge in [-0.2, -0.15) is 13.2 Å². The van der Waals surface area contributed by atoms with Gasteiger partial charge in [0.05, 0.1) is 10.9 Å². The molecule has 0 saturated heterocycles. The SMILES string of the molecule is FC(F)(F)c1cccc(-n2cc(-c3ccccc3)c3c(NCc4ccccc4Cl)ncnc32)c1. The van der Waals surface area contributed by atoms with Gasteiger partial charge in [0.15, 0.2) is 5.65 Å². The number of alkyl halides is 3. The van der Waals surface area contributed by atoms with Gasteiger partial charge >= 0.3 is 6.18 Å². The molecule has 8 heteroatoms. The molecule has 4 nitrogen and oxygen atoms in total. The fourth-order valence-electron chi connectivity index (χ4n) is 3.88. The first-order valence-electron chi connectivity index (χ1n) is 10.5. The Hall–Kier alpha value is -3.84. The van der Waals surface area contributed by atoms with Crippen LogP contribution in [0.1, 0.15) is 11.1 Å². The molecule has 2 heterocycles. The van der Waals surface area contributed by atoms with Crippen molar-refractivity contribution in [3.63, 3.8) is 0 Å². The third-order valence-electron chi connectivity index (χ3n) is 5.52. The van der Waals surface area contributed by atoms with Gasteiger partial charge in [0.2, 0.25) is 0 Å². The van der Waals surface area contributed by atoms with Crippen molar-refractivity contribution in [2.75, 3.05) is 5.32 Å². The Kier molecular flexibility index (Phi) is 5.71. The maximum absolute atomic E-state index is 13.4. The normalized spacial score (nSPS) is 11.6. The number of benzene rings is 3. The molecule has 5 aromatic rings. The second-order valence-electron chi connectivity index (χ2n) is 7.69. The zero-order valence-electron chi connectivity index (χ0n) is 17.7. The monoisotopic (exact) mass is 478 g/mol. The summed E-state index contributed by atoms with van der Waals surface area (Å²) in [5, 5.41) is 4.66. The molecule has 0 spiro atoms. The first-order chi connectivity index (χ1) is 16.4. The van der Waals surface area contributed by atoms with Crippen molar-refractivity contribution in [3.05, 3.63) is 108 Å². The summed E-state index contributed by atoms with van der Waals surface area (Å²) in [7, 11) is 0. The van der Waals surface area contributed by atoms with E-state index in [4.69, 9.17) is 11.6 Å². The number of anilines is 1. The fourth-order valence-corrected chi connectivity index (χ4v) is 4.08. The van der Waals surface area contributed by atoms with Crippen LogP contribution < -0.4 is 5.32 Å². The van der Waals surface area contributed by atoms with Crippen LogP contribution in [0.2, 0.25) is 5.02 Å². The maximum atomic E-state index is 13.4. The van der Waals surface area contributed by atoms with Crippen LogP contribution in [0.5, 0.6) is 0 Å². The van der Waals surface area contributed by atoms with Gasteiger partial charge in [-0.25, -0.2) is 9.97 Å². The Morgan fingerprint density at radius 2 is 1.65 bits per heavy atom. The molecule has 170 valence electrons. The predicted octanol–water partition coefficient (Wildman–Crippen LogP) is 7.37. The minimum Gasteiger partial charge on any atom is -0.365 e. The highest BCUT2D eigenvalue weighted by Crippen LogP contribution is 2.37. The third-order valence-corrected chi connectivity index (χ3v) is 5.89. The van der Waals surface area contributed by atoms with Crippen molar-refractivity contribution < 1.29 is 13.2 Å². The molecule has 5 rings (SSSR count). The summed E-state index contributed by atoms with van der Waals surface area (Å²) >= 11 is 6.30. The van der Waals surface area contributed by atoms with Crippen LogP contribution in [0.25, 0.3) is 27.8 Å². The Morgan fingerprint density at radius 1 is 0.882 bits per heavy atom. The van der Waals surface area contributed by atoms with Crippen molar-refractivity contribution in [3.8, 4) is 16.8 Å². The van der Waals surface area contributed by atoms with Gasteiger partial charge in [0, 0.05) is 29.0 Å². The Bertz CT molecular complexity index is 1460. The molecule has 0 saturated carbocycles. The smallest absolute Gasteiger partial charge is 0.365 e. The lowest BCUT2D eigenvalue weighted by Gasteiger charge is -2.11. The van der Waals surface area contributed by atoms with Crippen LogP contribution in [-0.4, -0.2) is 14.5 Å². The summed E-state index contributed by atoms with van der Waals surface area (Å²) in [6.45, 7) is 0.425. The molecule has 3 aromatic carbocycles. The zero-order chi connectivity index (χ0) is 23.7. The largest absolute Gasteiger partial charge is 0.416 e. The third kappa shape index (κ3) is 4.22. The molecule has 34 heavy (non-hydrogen) atoms. The number of halogens is 4. The van der Waals surface area contributed by atoms with E-state index >= 15 is 0 Å². The number of fused-ring (bicyclic) bond motifs is 1. The van der Waals surface area contributed by atoms with Gasteiger partial charge in [-0.15, -0.1) is 0 Å². The first-order valence-corrected chi connectivity index (χ1v) is 10.9. The molecule has 0 bridgehead atoms. The standard InChI is InChI=1S/C26H18ClF3N4/c27-22-12-5-4-9-18(22)14-31-24-23-21(17-7-2-1-3-8-17)15-34(25(23)33-16-32-24)20-11-6-10-19(13-20)26(28,29)30/h1-13,15-16H,14H2,(H,31,32,33). The van der Waals surface area contributed by atoms with Crippen LogP contribution in [-0.2, 0) is 12.7 Å². The molecule has 0 atom stereocenters. The second-order valence-corrected chi connectivity index (χ2v) is 8.10. The van der Waals surface area contributed by atoms with Crippen LogP contribution >= 0.6 is 11.6 Å².